The summed E-state index contributed by atoms with van der Waals surface area (Å²) in [4.78, 5) is 12.7. The number of nitrogens with zero attached hydrogens (tertiary/aromatic N) is 1. The summed E-state index contributed by atoms with van der Waals surface area (Å²) in [6.45, 7) is 1.07. The van der Waals surface area contributed by atoms with E-state index >= 15 is 0 Å². The number of fused-ring (bicyclic) bond motifs is 1. The van der Waals surface area contributed by atoms with Gasteiger partial charge in [0.05, 0.1) is 28.6 Å². The molecule has 174 valence electrons. The largest absolute Gasteiger partial charge is 0.416 e. The molecule has 0 aliphatic heterocycles. The number of alkyl halides is 3. The van der Waals surface area contributed by atoms with E-state index in [0.29, 0.717) is 10.4 Å². The molecule has 5 nitrogen and oxygen atoms in total. The van der Waals surface area contributed by atoms with E-state index in [0.717, 1.165) is 49.6 Å². The van der Waals surface area contributed by atoms with Crippen LogP contribution in [-0.4, -0.2) is 27.1 Å². The highest BCUT2D eigenvalue weighted by atomic mass is 35.5. The maximum absolute atomic E-state index is 13.1. The summed E-state index contributed by atoms with van der Waals surface area (Å²) in [6.07, 6.45) is 0.378. The molecule has 0 spiro atoms. The Labute approximate surface area is 190 Å². The zero-order valence-electron chi connectivity index (χ0n) is 17.7. The highest BCUT2D eigenvalue weighted by Gasteiger charge is 2.33. The third-order valence-corrected chi connectivity index (χ3v) is 6.93. The average Bonchev–Trinajstić information content (AvgIpc) is 2.70. The van der Waals surface area contributed by atoms with Crippen LogP contribution in [0.5, 0.6) is 0 Å². The molecule has 1 amide bonds. The lowest BCUT2D eigenvalue weighted by atomic mass is 9.89. The molecule has 0 saturated carbocycles. The molecule has 1 atom stereocenters. The minimum atomic E-state index is -4.69. The molecule has 2 aromatic rings. The summed E-state index contributed by atoms with van der Waals surface area (Å²) in [5, 5.41) is 2.52. The number of benzene rings is 2. The molecule has 1 aliphatic carbocycles. The molecular weight excluding hydrogens is 465 g/mol. The van der Waals surface area contributed by atoms with Crippen LogP contribution in [0.4, 0.5) is 18.9 Å². The number of carbonyl (C=O) groups excluding carboxylic acids is 1. The zero-order valence-corrected chi connectivity index (χ0v) is 19.2. The Morgan fingerprint density at radius 3 is 2.41 bits per heavy atom. The number of hydrogen-bond donors (Lipinski definition) is 1. The van der Waals surface area contributed by atoms with Gasteiger partial charge in [0.25, 0.3) is 0 Å². The summed E-state index contributed by atoms with van der Waals surface area (Å²) in [7, 11) is -4.09. The Morgan fingerprint density at radius 1 is 1.12 bits per heavy atom. The molecule has 1 N–H and O–H groups in total. The zero-order chi connectivity index (χ0) is 23.7. The number of halogens is 4. The summed E-state index contributed by atoms with van der Waals surface area (Å²) in [6, 6.07) is 7.94. The van der Waals surface area contributed by atoms with Crippen LogP contribution in [0.1, 0.15) is 48.1 Å². The van der Waals surface area contributed by atoms with E-state index in [1.165, 1.54) is 11.1 Å². The number of aryl methyl sites for hydroxylation is 2. The first kappa shape index (κ1) is 24.4. The number of carbonyl (C=O) groups is 1. The summed E-state index contributed by atoms with van der Waals surface area (Å²) in [5.41, 5.74) is 1.94. The Morgan fingerprint density at radius 2 is 1.78 bits per heavy atom. The molecule has 32 heavy (non-hydrogen) atoms. The molecule has 0 bridgehead atoms. The van der Waals surface area contributed by atoms with E-state index in [1.807, 2.05) is 18.2 Å². The van der Waals surface area contributed by atoms with Crippen molar-refractivity contribution < 1.29 is 26.4 Å². The molecule has 0 heterocycles. The normalized spacial score (nSPS) is 15.1. The van der Waals surface area contributed by atoms with Crippen molar-refractivity contribution in [3.63, 3.8) is 0 Å². The number of nitrogens with one attached hydrogen (secondary N) is 1. The smallest absolute Gasteiger partial charge is 0.348 e. The van der Waals surface area contributed by atoms with Crippen LogP contribution in [0.2, 0.25) is 5.02 Å². The van der Waals surface area contributed by atoms with Crippen LogP contribution in [0, 0.1) is 0 Å². The van der Waals surface area contributed by atoms with Gasteiger partial charge < -0.3 is 5.32 Å². The monoisotopic (exact) mass is 488 g/mol. The van der Waals surface area contributed by atoms with Gasteiger partial charge in [-0.2, -0.15) is 13.2 Å². The first-order valence-electron chi connectivity index (χ1n) is 10.1. The molecule has 10 heteroatoms. The molecule has 0 radical (unpaired) electrons. The van der Waals surface area contributed by atoms with Crippen LogP contribution in [0.3, 0.4) is 0 Å². The molecule has 0 aromatic heterocycles. The fourth-order valence-electron chi connectivity index (χ4n) is 3.78. The summed E-state index contributed by atoms with van der Waals surface area (Å²) in [5.74, 6) is -0.658. The van der Waals surface area contributed by atoms with Crippen molar-refractivity contribution in [2.45, 2.75) is 44.8 Å². The van der Waals surface area contributed by atoms with Crippen LogP contribution < -0.4 is 9.62 Å². The van der Waals surface area contributed by atoms with Crippen molar-refractivity contribution in [2.24, 2.45) is 0 Å². The second kappa shape index (κ2) is 9.31. The SMILES string of the molecule is C[C@H](NC(=O)CN(c1cc(C(F)(F)F)ccc1Cl)S(C)(=O)=O)c1ccc2c(c1)CCCC2. The molecule has 1 aliphatic rings. The molecular formula is C22H24ClF3N2O3S. The van der Waals surface area contributed by atoms with E-state index in [1.54, 1.807) is 6.92 Å². The average molecular weight is 489 g/mol. The van der Waals surface area contributed by atoms with Gasteiger partial charge in [0.1, 0.15) is 6.54 Å². The molecule has 0 saturated heterocycles. The van der Waals surface area contributed by atoms with Gasteiger partial charge >= 0.3 is 6.18 Å². The van der Waals surface area contributed by atoms with Crippen molar-refractivity contribution in [3.05, 3.63) is 63.7 Å². The Bertz CT molecular complexity index is 1120. The minimum Gasteiger partial charge on any atom is -0.348 e. The van der Waals surface area contributed by atoms with Crippen LogP contribution >= 0.6 is 11.6 Å². The van der Waals surface area contributed by atoms with Gasteiger partial charge in [0, 0.05) is 0 Å². The highest BCUT2D eigenvalue weighted by Crippen LogP contribution is 2.36. The van der Waals surface area contributed by atoms with Crippen molar-refractivity contribution in [1.82, 2.24) is 5.32 Å². The maximum Gasteiger partial charge on any atom is 0.416 e. The Hall–Kier alpha value is -2.26. The standard InChI is InChI=1S/C22H24ClF3N2O3S/c1-14(16-8-7-15-5-3-4-6-17(15)11-16)27-21(29)13-28(32(2,30)31)20-12-18(22(24,25)26)9-10-19(20)23/h7-12,14H,3-6,13H2,1-2H3,(H,27,29)/t14-/m0/s1. The van der Waals surface area contributed by atoms with E-state index in [4.69, 9.17) is 11.6 Å². The third kappa shape index (κ3) is 5.75. The Balaban J connectivity index is 1.81. The first-order valence-corrected chi connectivity index (χ1v) is 12.3. The number of sulfonamides is 1. The van der Waals surface area contributed by atoms with E-state index in [-0.39, 0.29) is 5.02 Å². The van der Waals surface area contributed by atoms with Gasteiger partial charge in [-0.15, -0.1) is 0 Å². The fraction of sp³-hybridized carbons (Fsp3) is 0.409. The van der Waals surface area contributed by atoms with Gasteiger partial charge in [-0.1, -0.05) is 29.8 Å². The van der Waals surface area contributed by atoms with Crippen molar-refractivity contribution in [1.29, 1.82) is 0 Å². The lowest BCUT2D eigenvalue weighted by molar-refractivity contribution is -0.137. The van der Waals surface area contributed by atoms with E-state index in [9.17, 15) is 26.4 Å². The van der Waals surface area contributed by atoms with E-state index in [2.05, 4.69) is 5.32 Å². The first-order chi connectivity index (χ1) is 14.9. The second-order valence-corrected chi connectivity index (χ2v) is 10.3. The Kier molecular flexibility index (Phi) is 7.09. The van der Waals surface area contributed by atoms with Gasteiger partial charge in [-0.3, -0.25) is 9.10 Å². The van der Waals surface area contributed by atoms with Gasteiger partial charge in [-0.05, 0) is 67.5 Å². The quantitative estimate of drug-likeness (QED) is 0.630. The predicted octanol–water partition coefficient (Wildman–Crippen LogP) is 4.88. The predicted molar refractivity (Wildman–Crippen MR) is 118 cm³/mol. The molecule has 2 aromatic carbocycles. The summed E-state index contributed by atoms with van der Waals surface area (Å²) < 4.78 is 64.5. The van der Waals surface area contributed by atoms with Crippen LogP contribution in [0.25, 0.3) is 0 Å². The van der Waals surface area contributed by atoms with Gasteiger partial charge in [-0.25, -0.2) is 8.42 Å². The maximum atomic E-state index is 13.1. The topological polar surface area (TPSA) is 66.5 Å². The molecule has 0 fully saturated rings. The van der Waals surface area contributed by atoms with Gasteiger partial charge in [0.2, 0.25) is 15.9 Å². The molecule has 0 unspecified atom stereocenters. The lowest BCUT2D eigenvalue weighted by Gasteiger charge is -2.25. The second-order valence-electron chi connectivity index (χ2n) is 7.96. The van der Waals surface area contributed by atoms with Crippen molar-refractivity contribution in [2.75, 3.05) is 17.1 Å². The van der Waals surface area contributed by atoms with Crippen LogP contribution in [-0.2, 0) is 33.8 Å². The van der Waals surface area contributed by atoms with E-state index < -0.39 is 45.9 Å². The molecule has 3 rings (SSSR count). The number of amides is 1. The summed E-state index contributed by atoms with van der Waals surface area (Å²) >= 11 is 5.99. The number of rotatable bonds is 6. The van der Waals surface area contributed by atoms with Gasteiger partial charge in [0.15, 0.2) is 0 Å². The van der Waals surface area contributed by atoms with Crippen molar-refractivity contribution >= 4 is 33.2 Å². The number of anilines is 1. The number of hydrogen-bond acceptors (Lipinski definition) is 3. The lowest BCUT2D eigenvalue weighted by Crippen LogP contribution is -2.41. The fourth-order valence-corrected chi connectivity index (χ4v) is 4.91. The van der Waals surface area contributed by atoms with Crippen molar-refractivity contribution in [3.8, 4) is 0 Å². The third-order valence-electron chi connectivity index (χ3n) is 5.48. The highest BCUT2D eigenvalue weighted by molar-refractivity contribution is 7.92. The van der Waals surface area contributed by atoms with Crippen LogP contribution in [0.15, 0.2) is 36.4 Å². The minimum absolute atomic E-state index is 0.209.